The fourth-order valence-electron chi connectivity index (χ4n) is 2.74. The molecule has 0 saturated heterocycles. The van der Waals surface area contributed by atoms with E-state index in [0.717, 1.165) is 16.9 Å². The standard InChI is InChI=1S/C22H22N2O2/c1-15-9-11-18(12-10-15)14-26-20-13-16(2)23-17(3)21(20)22(25)24-19-7-5-4-6-8-19/h4-13H,14H2,1-3H3,(H,24,25). The summed E-state index contributed by atoms with van der Waals surface area (Å²) >= 11 is 0. The number of carbonyl (C=O) groups is 1. The monoisotopic (exact) mass is 346 g/mol. The maximum Gasteiger partial charge on any atom is 0.261 e. The Labute approximate surface area is 153 Å². The minimum absolute atomic E-state index is 0.222. The smallest absolute Gasteiger partial charge is 0.261 e. The van der Waals surface area contributed by atoms with Crippen LogP contribution in [0.5, 0.6) is 5.75 Å². The normalized spacial score (nSPS) is 10.4. The van der Waals surface area contributed by atoms with Crippen LogP contribution < -0.4 is 10.1 Å². The molecule has 2 aromatic carbocycles. The molecule has 3 aromatic rings. The molecule has 1 amide bonds. The summed E-state index contributed by atoms with van der Waals surface area (Å²) in [6, 6.07) is 19.3. The molecule has 0 atom stereocenters. The maximum absolute atomic E-state index is 12.8. The van der Waals surface area contributed by atoms with E-state index < -0.39 is 0 Å². The Morgan fingerprint density at radius 2 is 1.69 bits per heavy atom. The third-order valence-electron chi connectivity index (χ3n) is 4.07. The van der Waals surface area contributed by atoms with E-state index in [4.69, 9.17) is 4.74 Å². The zero-order valence-electron chi connectivity index (χ0n) is 15.2. The van der Waals surface area contributed by atoms with E-state index in [-0.39, 0.29) is 5.91 Å². The first kappa shape index (κ1) is 17.7. The molecule has 0 aliphatic carbocycles. The first-order valence-electron chi connectivity index (χ1n) is 8.56. The quantitative estimate of drug-likeness (QED) is 0.719. The third kappa shape index (κ3) is 4.28. The van der Waals surface area contributed by atoms with Gasteiger partial charge in [-0.3, -0.25) is 9.78 Å². The zero-order valence-corrected chi connectivity index (χ0v) is 15.2. The van der Waals surface area contributed by atoms with Crippen molar-refractivity contribution in [3.8, 4) is 5.75 Å². The van der Waals surface area contributed by atoms with Crippen molar-refractivity contribution < 1.29 is 9.53 Å². The van der Waals surface area contributed by atoms with Gasteiger partial charge in [-0.1, -0.05) is 48.0 Å². The molecule has 1 N–H and O–H groups in total. The molecule has 1 heterocycles. The van der Waals surface area contributed by atoms with Crippen LogP contribution in [0.2, 0.25) is 0 Å². The summed E-state index contributed by atoms with van der Waals surface area (Å²) in [7, 11) is 0. The molecular weight excluding hydrogens is 324 g/mol. The van der Waals surface area contributed by atoms with Crippen LogP contribution in [0.4, 0.5) is 5.69 Å². The first-order valence-corrected chi connectivity index (χ1v) is 8.56. The van der Waals surface area contributed by atoms with Gasteiger partial charge in [0.15, 0.2) is 0 Å². The molecule has 0 aliphatic rings. The number of aryl methyl sites for hydroxylation is 3. The highest BCUT2D eigenvalue weighted by molar-refractivity contribution is 6.07. The Bertz CT molecular complexity index is 903. The fourth-order valence-corrected chi connectivity index (χ4v) is 2.74. The summed E-state index contributed by atoms with van der Waals surface area (Å²) < 4.78 is 5.98. The summed E-state index contributed by atoms with van der Waals surface area (Å²) in [4.78, 5) is 17.2. The Hall–Kier alpha value is -3.14. The van der Waals surface area contributed by atoms with E-state index in [2.05, 4.69) is 10.3 Å². The lowest BCUT2D eigenvalue weighted by Gasteiger charge is -2.15. The molecule has 0 spiro atoms. The van der Waals surface area contributed by atoms with Crippen molar-refractivity contribution in [2.24, 2.45) is 0 Å². The van der Waals surface area contributed by atoms with E-state index in [0.29, 0.717) is 23.6 Å². The second-order valence-corrected chi connectivity index (χ2v) is 6.32. The summed E-state index contributed by atoms with van der Waals surface area (Å²) in [5.41, 5.74) is 4.92. The number of para-hydroxylation sites is 1. The predicted octanol–water partition coefficient (Wildman–Crippen LogP) is 4.84. The van der Waals surface area contributed by atoms with Crippen molar-refractivity contribution in [2.75, 3.05) is 5.32 Å². The Kier molecular flexibility index (Phi) is 5.32. The fraction of sp³-hybridized carbons (Fsp3) is 0.182. The van der Waals surface area contributed by atoms with Gasteiger partial charge in [0.1, 0.15) is 17.9 Å². The molecule has 0 bridgehead atoms. The molecule has 1 aromatic heterocycles. The topological polar surface area (TPSA) is 51.2 Å². The molecule has 0 saturated carbocycles. The average Bonchev–Trinajstić information content (AvgIpc) is 2.61. The molecule has 4 heteroatoms. The largest absolute Gasteiger partial charge is 0.488 e. The third-order valence-corrected chi connectivity index (χ3v) is 4.07. The van der Waals surface area contributed by atoms with Gasteiger partial charge in [0, 0.05) is 17.4 Å². The summed E-state index contributed by atoms with van der Waals surface area (Å²) in [6.45, 7) is 6.16. The molecule has 0 aliphatic heterocycles. The number of rotatable bonds is 5. The molecule has 0 fully saturated rings. The molecule has 3 rings (SSSR count). The van der Waals surface area contributed by atoms with Gasteiger partial charge >= 0.3 is 0 Å². The van der Waals surface area contributed by atoms with Gasteiger partial charge in [-0.15, -0.1) is 0 Å². The summed E-state index contributed by atoms with van der Waals surface area (Å²) in [5.74, 6) is 0.323. The van der Waals surface area contributed by atoms with Gasteiger partial charge in [-0.25, -0.2) is 0 Å². The van der Waals surface area contributed by atoms with E-state index in [1.165, 1.54) is 5.56 Å². The lowest BCUT2D eigenvalue weighted by molar-refractivity contribution is 0.102. The van der Waals surface area contributed by atoms with Crippen LogP contribution in [0.25, 0.3) is 0 Å². The predicted molar refractivity (Wildman–Crippen MR) is 104 cm³/mol. The van der Waals surface area contributed by atoms with E-state index in [1.54, 1.807) is 6.07 Å². The maximum atomic E-state index is 12.8. The highest BCUT2D eigenvalue weighted by atomic mass is 16.5. The summed E-state index contributed by atoms with van der Waals surface area (Å²) in [6.07, 6.45) is 0. The van der Waals surface area contributed by atoms with Crippen molar-refractivity contribution in [3.63, 3.8) is 0 Å². The van der Waals surface area contributed by atoms with E-state index >= 15 is 0 Å². The lowest BCUT2D eigenvalue weighted by Crippen LogP contribution is -2.16. The number of pyridine rings is 1. The number of carbonyl (C=O) groups excluding carboxylic acids is 1. The van der Waals surface area contributed by atoms with Crippen molar-refractivity contribution in [1.82, 2.24) is 4.98 Å². The number of amides is 1. The van der Waals surface area contributed by atoms with Crippen LogP contribution in [0.15, 0.2) is 60.7 Å². The minimum Gasteiger partial charge on any atom is -0.488 e. The van der Waals surface area contributed by atoms with Crippen molar-refractivity contribution in [2.45, 2.75) is 27.4 Å². The van der Waals surface area contributed by atoms with Crippen LogP contribution in [0.1, 0.15) is 32.9 Å². The molecule has 0 radical (unpaired) electrons. The van der Waals surface area contributed by atoms with Crippen LogP contribution in [-0.4, -0.2) is 10.9 Å². The molecule has 26 heavy (non-hydrogen) atoms. The van der Waals surface area contributed by atoms with Gasteiger partial charge in [0.25, 0.3) is 5.91 Å². The van der Waals surface area contributed by atoms with Gasteiger partial charge < -0.3 is 10.1 Å². The average molecular weight is 346 g/mol. The van der Waals surface area contributed by atoms with Gasteiger partial charge in [-0.05, 0) is 38.5 Å². The molecular formula is C22H22N2O2. The number of hydrogen-bond acceptors (Lipinski definition) is 3. The highest BCUT2D eigenvalue weighted by Gasteiger charge is 2.18. The summed E-state index contributed by atoms with van der Waals surface area (Å²) in [5, 5.41) is 2.91. The van der Waals surface area contributed by atoms with E-state index in [1.807, 2.05) is 75.4 Å². The Balaban J connectivity index is 1.84. The zero-order chi connectivity index (χ0) is 18.5. The number of nitrogens with one attached hydrogen (secondary N) is 1. The second-order valence-electron chi connectivity index (χ2n) is 6.32. The lowest BCUT2D eigenvalue weighted by atomic mass is 10.1. The first-order chi connectivity index (χ1) is 12.5. The molecule has 4 nitrogen and oxygen atoms in total. The van der Waals surface area contributed by atoms with Crippen molar-refractivity contribution in [3.05, 3.63) is 88.7 Å². The number of aromatic nitrogens is 1. The number of anilines is 1. The van der Waals surface area contributed by atoms with Crippen LogP contribution in [0, 0.1) is 20.8 Å². The van der Waals surface area contributed by atoms with Crippen molar-refractivity contribution in [1.29, 1.82) is 0 Å². The SMILES string of the molecule is Cc1ccc(COc2cc(C)nc(C)c2C(=O)Nc2ccccc2)cc1. The molecule has 132 valence electrons. The number of benzene rings is 2. The van der Waals surface area contributed by atoms with Crippen molar-refractivity contribution >= 4 is 11.6 Å². The molecule has 0 unspecified atom stereocenters. The van der Waals surface area contributed by atoms with Gasteiger partial charge in [0.05, 0.1) is 5.69 Å². The number of ether oxygens (including phenoxy) is 1. The Morgan fingerprint density at radius 1 is 1.00 bits per heavy atom. The van der Waals surface area contributed by atoms with Crippen LogP contribution in [0.3, 0.4) is 0 Å². The van der Waals surface area contributed by atoms with Crippen LogP contribution >= 0.6 is 0 Å². The Morgan fingerprint density at radius 3 is 2.38 bits per heavy atom. The van der Waals surface area contributed by atoms with Gasteiger partial charge in [-0.2, -0.15) is 0 Å². The highest BCUT2D eigenvalue weighted by Crippen LogP contribution is 2.25. The number of hydrogen-bond donors (Lipinski definition) is 1. The second kappa shape index (κ2) is 7.83. The minimum atomic E-state index is -0.222. The van der Waals surface area contributed by atoms with Gasteiger partial charge in [0.2, 0.25) is 0 Å². The number of nitrogens with zero attached hydrogens (tertiary/aromatic N) is 1. The van der Waals surface area contributed by atoms with E-state index in [9.17, 15) is 4.79 Å². The van der Waals surface area contributed by atoms with Crippen LogP contribution in [-0.2, 0) is 6.61 Å².